The van der Waals surface area contributed by atoms with Gasteiger partial charge in [-0.05, 0) is 31.2 Å². The molecule has 0 aliphatic heterocycles. The molecule has 0 unspecified atom stereocenters. The van der Waals surface area contributed by atoms with Crippen molar-refractivity contribution in [1.29, 1.82) is 0 Å². The van der Waals surface area contributed by atoms with Crippen LogP contribution in [0.1, 0.15) is 6.92 Å². The second kappa shape index (κ2) is 8.83. The van der Waals surface area contributed by atoms with E-state index < -0.39 is 5.97 Å². The number of ether oxygens (including phenoxy) is 2. The van der Waals surface area contributed by atoms with Crippen molar-refractivity contribution >= 4 is 50.2 Å². The van der Waals surface area contributed by atoms with E-state index in [2.05, 4.69) is 4.98 Å². The van der Waals surface area contributed by atoms with Crippen LogP contribution in [0.15, 0.2) is 48.5 Å². The Morgan fingerprint density at radius 2 is 1.85 bits per heavy atom. The van der Waals surface area contributed by atoms with Gasteiger partial charge in [0.2, 0.25) is 0 Å². The average molecular weight is 405 g/mol. The minimum Gasteiger partial charge on any atom is -0.480 e. The number of carbonyl (C=O) groups is 2. The fourth-order valence-electron chi connectivity index (χ4n) is 2.35. The smallest absolute Gasteiger partial charge is 0.344 e. The lowest BCUT2D eigenvalue weighted by molar-refractivity contribution is -0.149. The molecular formula is C19H17ClN2O4S. The Balaban J connectivity index is 1.55. The van der Waals surface area contributed by atoms with Crippen LogP contribution in [0.2, 0.25) is 5.02 Å². The molecule has 1 amide bonds. The van der Waals surface area contributed by atoms with E-state index in [-0.39, 0.29) is 19.1 Å². The molecule has 0 N–H and O–H groups in total. The zero-order chi connectivity index (χ0) is 19.2. The van der Waals surface area contributed by atoms with Gasteiger partial charge in [-0.15, -0.1) is 0 Å². The third-order valence-electron chi connectivity index (χ3n) is 3.67. The lowest BCUT2D eigenvalue weighted by Crippen LogP contribution is -2.35. The van der Waals surface area contributed by atoms with Crippen molar-refractivity contribution in [2.75, 3.05) is 24.7 Å². The molecule has 1 aromatic heterocycles. The minimum atomic E-state index is -0.649. The molecular weight excluding hydrogens is 388 g/mol. The number of hydrogen-bond acceptors (Lipinski definition) is 6. The van der Waals surface area contributed by atoms with Crippen molar-refractivity contribution in [3.05, 3.63) is 53.6 Å². The van der Waals surface area contributed by atoms with Crippen LogP contribution in [0.4, 0.5) is 5.13 Å². The first-order valence-electron chi connectivity index (χ1n) is 8.27. The molecule has 1 heterocycles. The molecule has 6 nitrogen and oxygen atoms in total. The van der Waals surface area contributed by atoms with Crippen molar-refractivity contribution < 1.29 is 19.1 Å². The van der Waals surface area contributed by atoms with E-state index in [0.29, 0.717) is 22.4 Å². The first-order valence-corrected chi connectivity index (χ1v) is 9.47. The van der Waals surface area contributed by atoms with Gasteiger partial charge in [-0.1, -0.05) is 47.2 Å². The molecule has 8 heteroatoms. The van der Waals surface area contributed by atoms with Crippen LogP contribution in [0.3, 0.4) is 0 Å². The predicted octanol–water partition coefficient (Wildman–Crippen LogP) is 3.92. The number of anilines is 1. The maximum atomic E-state index is 12.4. The van der Waals surface area contributed by atoms with Crippen molar-refractivity contribution in [1.82, 2.24) is 4.98 Å². The number of likely N-dealkylation sites (N-methyl/N-ethyl adjacent to an activating group) is 1. The molecule has 3 aromatic rings. The summed E-state index contributed by atoms with van der Waals surface area (Å²) in [5, 5.41) is 0.974. The topological polar surface area (TPSA) is 68.7 Å². The average Bonchev–Trinajstić information content (AvgIpc) is 3.10. The summed E-state index contributed by atoms with van der Waals surface area (Å²) >= 11 is 7.37. The fourth-order valence-corrected chi connectivity index (χ4v) is 3.59. The van der Waals surface area contributed by atoms with Crippen LogP contribution in [0.25, 0.3) is 10.2 Å². The highest BCUT2D eigenvalue weighted by atomic mass is 35.5. The van der Waals surface area contributed by atoms with Crippen molar-refractivity contribution in [2.24, 2.45) is 0 Å². The van der Waals surface area contributed by atoms with E-state index in [0.717, 1.165) is 10.2 Å². The summed E-state index contributed by atoms with van der Waals surface area (Å²) in [5.41, 5.74) is 0.828. The molecule has 0 radical (unpaired) electrons. The molecule has 0 bridgehead atoms. The van der Waals surface area contributed by atoms with Crippen LogP contribution >= 0.6 is 22.9 Å². The van der Waals surface area contributed by atoms with Gasteiger partial charge < -0.3 is 9.47 Å². The van der Waals surface area contributed by atoms with Gasteiger partial charge in [0.15, 0.2) is 18.3 Å². The van der Waals surface area contributed by atoms with Gasteiger partial charge in [0.25, 0.3) is 5.91 Å². The standard InChI is InChI=1S/C19H17ClN2O4S/c1-2-22(19-21-14-8-4-6-10-16(14)27-19)17(23)11-26-18(24)12-25-15-9-5-3-7-13(15)20/h3-10H,2,11-12H2,1H3. The molecule has 0 aliphatic rings. The summed E-state index contributed by atoms with van der Waals surface area (Å²) in [4.78, 5) is 30.2. The number of thiazole rings is 1. The van der Waals surface area contributed by atoms with Gasteiger partial charge in [-0.3, -0.25) is 9.69 Å². The fraction of sp³-hybridized carbons (Fsp3) is 0.211. The van der Waals surface area contributed by atoms with Crippen molar-refractivity contribution in [3.8, 4) is 5.75 Å². The second-order valence-corrected chi connectivity index (χ2v) is 6.90. The summed E-state index contributed by atoms with van der Waals surface area (Å²) in [5.74, 6) is -0.613. The number of hydrogen-bond donors (Lipinski definition) is 0. The number of aromatic nitrogens is 1. The number of carbonyl (C=O) groups excluding carboxylic acids is 2. The van der Waals surface area contributed by atoms with Crippen LogP contribution in [0.5, 0.6) is 5.75 Å². The maximum Gasteiger partial charge on any atom is 0.344 e. The third-order valence-corrected chi connectivity index (χ3v) is 5.04. The number of para-hydroxylation sites is 2. The van der Waals surface area contributed by atoms with Crippen LogP contribution in [0, 0.1) is 0 Å². The third kappa shape index (κ3) is 4.75. The molecule has 0 saturated heterocycles. The highest BCUT2D eigenvalue weighted by Gasteiger charge is 2.19. The van der Waals surface area contributed by atoms with Gasteiger partial charge in [-0.25, -0.2) is 9.78 Å². The highest BCUT2D eigenvalue weighted by molar-refractivity contribution is 7.22. The number of nitrogens with zero attached hydrogens (tertiary/aromatic N) is 2. The van der Waals surface area contributed by atoms with Crippen molar-refractivity contribution in [2.45, 2.75) is 6.92 Å². The number of halogens is 1. The normalized spacial score (nSPS) is 10.6. The van der Waals surface area contributed by atoms with Crippen LogP contribution < -0.4 is 9.64 Å². The quantitative estimate of drug-likeness (QED) is 0.558. The van der Waals surface area contributed by atoms with E-state index >= 15 is 0 Å². The van der Waals surface area contributed by atoms with Gasteiger partial charge >= 0.3 is 5.97 Å². The van der Waals surface area contributed by atoms with Gasteiger partial charge in [0, 0.05) is 6.54 Å². The molecule has 2 aromatic carbocycles. The van der Waals surface area contributed by atoms with Crippen molar-refractivity contribution in [3.63, 3.8) is 0 Å². The summed E-state index contributed by atoms with van der Waals surface area (Å²) < 4.78 is 11.3. The van der Waals surface area contributed by atoms with E-state index in [1.807, 2.05) is 31.2 Å². The lowest BCUT2D eigenvalue weighted by atomic mass is 10.3. The minimum absolute atomic E-state index is 0.329. The molecule has 27 heavy (non-hydrogen) atoms. The zero-order valence-electron chi connectivity index (χ0n) is 14.6. The Hall–Kier alpha value is -2.64. The SMILES string of the molecule is CCN(C(=O)COC(=O)COc1ccccc1Cl)c1nc2ccccc2s1. The number of fused-ring (bicyclic) bond motifs is 1. The maximum absolute atomic E-state index is 12.4. The number of esters is 1. The monoisotopic (exact) mass is 404 g/mol. The van der Waals surface area contributed by atoms with E-state index in [1.54, 1.807) is 24.3 Å². The van der Waals surface area contributed by atoms with E-state index in [1.165, 1.54) is 16.2 Å². The van der Waals surface area contributed by atoms with E-state index in [9.17, 15) is 9.59 Å². The predicted molar refractivity (Wildman–Crippen MR) is 106 cm³/mol. The largest absolute Gasteiger partial charge is 0.480 e. The molecule has 140 valence electrons. The molecule has 0 spiro atoms. The van der Waals surface area contributed by atoms with Crippen LogP contribution in [-0.4, -0.2) is 36.6 Å². The summed E-state index contributed by atoms with van der Waals surface area (Å²) in [6.07, 6.45) is 0. The Morgan fingerprint density at radius 1 is 1.11 bits per heavy atom. The lowest BCUT2D eigenvalue weighted by Gasteiger charge is -2.17. The Morgan fingerprint density at radius 3 is 2.59 bits per heavy atom. The molecule has 0 aliphatic carbocycles. The highest BCUT2D eigenvalue weighted by Crippen LogP contribution is 2.28. The van der Waals surface area contributed by atoms with Gasteiger partial charge in [0.05, 0.1) is 15.2 Å². The molecule has 3 rings (SSSR count). The van der Waals surface area contributed by atoms with Crippen LogP contribution in [-0.2, 0) is 14.3 Å². The number of rotatable bonds is 7. The first-order chi connectivity index (χ1) is 13.1. The molecule has 0 fully saturated rings. The van der Waals surface area contributed by atoms with Gasteiger partial charge in [0.1, 0.15) is 5.75 Å². The summed E-state index contributed by atoms with van der Waals surface area (Å²) in [6.45, 7) is 1.55. The first kappa shape index (κ1) is 19.1. The Kier molecular flexibility index (Phi) is 6.26. The van der Waals surface area contributed by atoms with Gasteiger partial charge in [-0.2, -0.15) is 0 Å². The number of benzene rings is 2. The molecule has 0 atom stereocenters. The van der Waals surface area contributed by atoms with E-state index in [4.69, 9.17) is 21.1 Å². The summed E-state index contributed by atoms with van der Waals surface area (Å²) in [6, 6.07) is 14.4. The second-order valence-electron chi connectivity index (χ2n) is 5.48. The molecule has 0 saturated carbocycles. The summed E-state index contributed by atoms with van der Waals surface area (Å²) in [7, 11) is 0. The Bertz CT molecular complexity index is 927. The number of amides is 1. The Labute approximate surface area is 165 Å². The zero-order valence-corrected chi connectivity index (χ0v) is 16.1.